The van der Waals surface area contributed by atoms with Gasteiger partial charge >= 0.3 is 7.12 Å². The molecule has 0 amide bonds. The maximum absolute atomic E-state index is 9.14. The van der Waals surface area contributed by atoms with Crippen molar-refractivity contribution in [2.75, 3.05) is 19.7 Å². The molecule has 0 bridgehead atoms. The summed E-state index contributed by atoms with van der Waals surface area (Å²) in [5.41, 5.74) is 0.253. The topological polar surface area (TPSA) is 66.3 Å². The number of nitrogens with zero attached hydrogens (tertiary/aromatic N) is 2. The fourth-order valence-electron chi connectivity index (χ4n) is 2.17. The lowest BCUT2D eigenvalue weighted by atomic mass is 9.76. The highest BCUT2D eigenvalue weighted by Crippen LogP contribution is 2.22. The van der Waals surface area contributed by atoms with Crippen LogP contribution < -0.4 is 5.32 Å². The number of hydrogen-bond acceptors (Lipinski definition) is 6. The van der Waals surface area contributed by atoms with Crippen LogP contribution in [0.25, 0.3) is 0 Å². The molecule has 0 fully saturated rings. The third kappa shape index (κ3) is 6.93. The van der Waals surface area contributed by atoms with Crippen molar-refractivity contribution in [2.45, 2.75) is 72.4 Å². The molecule has 1 heterocycles. The van der Waals surface area contributed by atoms with Gasteiger partial charge in [0.25, 0.3) is 0 Å². The highest BCUT2D eigenvalue weighted by Gasteiger charge is 2.35. The summed E-state index contributed by atoms with van der Waals surface area (Å²) in [6.07, 6.45) is 4.43. The molecule has 1 aliphatic rings. The van der Waals surface area contributed by atoms with Gasteiger partial charge in [0.2, 0.25) is 0 Å². The molecule has 1 atom stereocenters. The van der Waals surface area contributed by atoms with Gasteiger partial charge in [-0.15, -0.1) is 0 Å². The first-order valence-corrected chi connectivity index (χ1v) is 8.81. The Balaban J connectivity index is 2.85. The van der Waals surface area contributed by atoms with E-state index < -0.39 is 7.12 Å². The molecule has 0 aromatic carbocycles. The van der Waals surface area contributed by atoms with Crippen LogP contribution in [-0.2, 0) is 9.31 Å². The third-order valence-corrected chi connectivity index (χ3v) is 3.91. The first kappa shape index (κ1) is 21.2. The highest BCUT2D eigenvalue weighted by atomic mass is 16.6. The average molecular weight is 339 g/mol. The quantitative estimate of drug-likeness (QED) is 0.631. The van der Waals surface area contributed by atoms with Crippen molar-refractivity contribution in [3.05, 3.63) is 11.7 Å². The predicted octanol–water partition coefficient (Wildman–Crippen LogP) is 2.19. The van der Waals surface area contributed by atoms with Crippen molar-refractivity contribution in [2.24, 2.45) is 4.99 Å². The zero-order chi connectivity index (χ0) is 18.4. The summed E-state index contributed by atoms with van der Waals surface area (Å²) in [4.78, 5) is 6.61. The summed E-state index contributed by atoms with van der Waals surface area (Å²) in [7, 11) is -0.481. The van der Waals surface area contributed by atoms with E-state index >= 15 is 0 Å². The largest absolute Gasteiger partial charge is 0.497 e. The van der Waals surface area contributed by atoms with Gasteiger partial charge < -0.3 is 19.7 Å². The Hall–Kier alpha value is -0.885. The van der Waals surface area contributed by atoms with Crippen LogP contribution in [0.5, 0.6) is 0 Å². The van der Waals surface area contributed by atoms with Gasteiger partial charge in [-0.2, -0.15) is 0 Å². The van der Waals surface area contributed by atoms with Crippen LogP contribution in [0.2, 0.25) is 0 Å². The lowest BCUT2D eigenvalue weighted by Gasteiger charge is -2.34. The molecule has 0 aliphatic carbocycles. The van der Waals surface area contributed by atoms with Crippen LogP contribution in [-0.4, -0.2) is 60.5 Å². The highest BCUT2D eigenvalue weighted by molar-refractivity contribution is 6.59. The third-order valence-electron chi connectivity index (χ3n) is 3.91. The lowest BCUT2D eigenvalue weighted by molar-refractivity contribution is 0.0278. The number of likely N-dealkylation sites (N-methyl/N-ethyl adjacent to an activating group) is 1. The summed E-state index contributed by atoms with van der Waals surface area (Å²) in [6, 6.07) is 0. The molecule has 0 aromatic heterocycles. The van der Waals surface area contributed by atoms with Gasteiger partial charge in [0, 0.05) is 35.6 Å². The fourth-order valence-corrected chi connectivity index (χ4v) is 2.17. The van der Waals surface area contributed by atoms with E-state index in [2.05, 4.69) is 36.0 Å². The first-order chi connectivity index (χ1) is 11.1. The zero-order valence-electron chi connectivity index (χ0n) is 16.3. The van der Waals surface area contributed by atoms with Gasteiger partial charge in [-0.3, -0.25) is 9.89 Å². The van der Waals surface area contributed by atoms with Crippen LogP contribution in [0.4, 0.5) is 0 Å². The van der Waals surface area contributed by atoms with Crippen molar-refractivity contribution >= 4 is 13.3 Å². The molecule has 0 saturated heterocycles. The molecular formula is C17H34BN3O3. The normalized spacial score (nSPS) is 18.5. The summed E-state index contributed by atoms with van der Waals surface area (Å²) < 4.78 is 12.3. The van der Waals surface area contributed by atoms with Crippen molar-refractivity contribution in [3.63, 3.8) is 0 Å². The molecule has 1 unspecified atom stereocenters. The number of nitrogens with one attached hydrogen (secondary N) is 1. The van der Waals surface area contributed by atoms with Crippen molar-refractivity contribution in [1.82, 2.24) is 10.2 Å². The SMILES string of the molecule is CCN(CCO)C1N=CC(B(OC(C)(C)C)OC(C)(C)CC)=CN1. The van der Waals surface area contributed by atoms with Crippen molar-refractivity contribution in [3.8, 4) is 0 Å². The smallest absolute Gasteiger partial charge is 0.403 e. The predicted molar refractivity (Wildman–Crippen MR) is 99.9 cm³/mol. The van der Waals surface area contributed by atoms with E-state index in [0.29, 0.717) is 6.54 Å². The molecule has 0 spiro atoms. The summed E-state index contributed by atoms with van der Waals surface area (Å²) in [5, 5.41) is 12.4. The summed E-state index contributed by atoms with van der Waals surface area (Å²) in [5.74, 6) is 0. The summed E-state index contributed by atoms with van der Waals surface area (Å²) >= 11 is 0. The second-order valence-corrected chi connectivity index (χ2v) is 7.61. The number of allylic oxidation sites excluding steroid dienone is 1. The minimum atomic E-state index is -0.481. The Kier molecular flexibility index (Phi) is 7.93. The molecule has 1 rings (SSSR count). The van der Waals surface area contributed by atoms with Crippen LogP contribution in [0.15, 0.2) is 16.7 Å². The minimum Gasteiger partial charge on any atom is -0.403 e. The van der Waals surface area contributed by atoms with Gasteiger partial charge in [-0.05, 0) is 47.6 Å². The molecule has 0 saturated carbocycles. The van der Waals surface area contributed by atoms with Crippen LogP contribution in [0.3, 0.4) is 0 Å². The maximum Gasteiger partial charge on any atom is 0.497 e. The number of aliphatic imine (C=N–C) groups is 1. The van der Waals surface area contributed by atoms with E-state index in [1.807, 2.05) is 40.1 Å². The van der Waals surface area contributed by atoms with Crippen molar-refractivity contribution < 1.29 is 14.4 Å². The molecule has 7 heteroatoms. The Morgan fingerprint density at radius 1 is 1.25 bits per heavy atom. The van der Waals surface area contributed by atoms with Crippen molar-refractivity contribution in [1.29, 1.82) is 0 Å². The van der Waals surface area contributed by atoms with Gasteiger partial charge in [0.15, 0.2) is 6.29 Å². The second-order valence-electron chi connectivity index (χ2n) is 7.61. The maximum atomic E-state index is 9.14. The molecule has 0 aromatic rings. The van der Waals surface area contributed by atoms with Crippen LogP contribution in [0, 0.1) is 0 Å². The monoisotopic (exact) mass is 339 g/mol. The van der Waals surface area contributed by atoms with E-state index in [-0.39, 0.29) is 24.1 Å². The standard InChI is InChI=1S/C17H34BN3O3/c1-8-17(6,7)24-18(23-16(3,4)5)14-12-19-15(20-13-14)21(9-2)10-11-22/h12-13,15,19,22H,8-11H2,1-7H3. The van der Waals surface area contributed by atoms with Crippen LogP contribution >= 0.6 is 0 Å². The average Bonchev–Trinajstić information content (AvgIpc) is 2.50. The first-order valence-electron chi connectivity index (χ1n) is 8.81. The molecule has 24 heavy (non-hydrogen) atoms. The second kappa shape index (κ2) is 8.99. The van der Waals surface area contributed by atoms with E-state index in [1.54, 1.807) is 0 Å². The van der Waals surface area contributed by atoms with Gasteiger partial charge in [-0.1, -0.05) is 13.8 Å². The van der Waals surface area contributed by atoms with Gasteiger partial charge in [-0.25, -0.2) is 0 Å². The van der Waals surface area contributed by atoms with E-state index in [9.17, 15) is 0 Å². The lowest BCUT2D eigenvalue weighted by Crippen LogP contribution is -2.48. The number of rotatable bonds is 9. The molecule has 1 aliphatic heterocycles. The summed E-state index contributed by atoms with van der Waals surface area (Å²) in [6.45, 7) is 15.8. The minimum absolute atomic E-state index is 0.113. The van der Waals surface area contributed by atoms with Gasteiger partial charge in [0.05, 0.1) is 6.61 Å². The molecule has 0 radical (unpaired) electrons. The Morgan fingerprint density at radius 2 is 1.92 bits per heavy atom. The van der Waals surface area contributed by atoms with E-state index in [1.165, 1.54) is 0 Å². The molecule has 138 valence electrons. The fraction of sp³-hybridized carbons (Fsp3) is 0.824. The van der Waals surface area contributed by atoms with Gasteiger partial charge in [0.1, 0.15) is 0 Å². The Labute approximate surface area is 147 Å². The Bertz CT molecular complexity index is 447. The number of aliphatic hydroxyl groups is 1. The zero-order valence-corrected chi connectivity index (χ0v) is 16.3. The number of hydrogen-bond donors (Lipinski definition) is 2. The number of aliphatic hydroxyl groups excluding tert-OH is 1. The van der Waals surface area contributed by atoms with E-state index in [0.717, 1.165) is 18.4 Å². The molecular weight excluding hydrogens is 305 g/mol. The van der Waals surface area contributed by atoms with Crippen LogP contribution in [0.1, 0.15) is 54.9 Å². The molecule has 2 N–H and O–H groups in total. The molecule has 6 nitrogen and oxygen atoms in total. The Morgan fingerprint density at radius 3 is 2.33 bits per heavy atom. The van der Waals surface area contributed by atoms with E-state index in [4.69, 9.17) is 14.4 Å².